The molecule has 1 saturated carbocycles. The molecule has 1 aliphatic carbocycles. The van der Waals surface area contributed by atoms with Crippen LogP contribution in [-0.2, 0) is 25.7 Å². The minimum absolute atomic E-state index is 0.0668. The first-order chi connectivity index (χ1) is 26.8. The Kier molecular flexibility index (Phi) is 13.7. The molecule has 1 N–H and O–H groups in total. The van der Waals surface area contributed by atoms with Crippen molar-refractivity contribution in [2.75, 3.05) is 75.0 Å². The Hall–Kier alpha value is -4.08. The number of benzene rings is 1. The number of alkyl halides is 3. The van der Waals surface area contributed by atoms with Crippen molar-refractivity contribution in [1.29, 1.82) is 5.26 Å². The summed E-state index contributed by atoms with van der Waals surface area (Å²) in [5.74, 6) is 0.579. The molecule has 0 atom stereocenters. The van der Waals surface area contributed by atoms with Gasteiger partial charge in [-0.15, -0.1) is 0 Å². The van der Waals surface area contributed by atoms with E-state index in [-0.39, 0.29) is 55.4 Å². The highest BCUT2D eigenvalue weighted by Gasteiger charge is 2.42. The van der Waals surface area contributed by atoms with Gasteiger partial charge in [-0.25, -0.2) is 13.4 Å². The number of rotatable bonds is 14. The maximum absolute atomic E-state index is 13.6. The molecule has 2 saturated heterocycles. The van der Waals surface area contributed by atoms with Gasteiger partial charge in [0.2, 0.25) is 10.0 Å². The van der Waals surface area contributed by atoms with Crippen LogP contribution in [0.4, 0.5) is 24.7 Å². The van der Waals surface area contributed by atoms with Crippen LogP contribution in [0.1, 0.15) is 74.1 Å². The standard InChI is InChI=1S/C38H46ClF3N8O5S/c39-33-22-32(6-5-29(33)23-43)55-37(9-2-1-3-10-37)36(51)47-35-27-45-34(26-46-35)28-7-12-48(13-8-28)11-4-18-54-19-20-56(52,53)50-16-14-49(15-17-50)31-21-30(24-44-25-31)38(40,41)42/h5-6,21-22,24-28H,1-4,7-20H2,(H,46,47,51). The number of aromatic nitrogens is 3. The van der Waals surface area contributed by atoms with Gasteiger partial charge in [-0.3, -0.25) is 14.8 Å². The van der Waals surface area contributed by atoms with Gasteiger partial charge in [0.1, 0.15) is 11.8 Å². The third kappa shape index (κ3) is 10.6. The van der Waals surface area contributed by atoms with Crippen molar-refractivity contribution in [3.8, 4) is 11.8 Å². The monoisotopic (exact) mass is 818 g/mol. The molecule has 0 spiro atoms. The Balaban J connectivity index is 0.875. The van der Waals surface area contributed by atoms with Crippen molar-refractivity contribution in [1.82, 2.24) is 24.2 Å². The molecule has 3 fully saturated rings. The fourth-order valence-electron chi connectivity index (χ4n) is 7.44. The van der Waals surface area contributed by atoms with Crippen LogP contribution in [0.5, 0.6) is 5.75 Å². The average molecular weight is 819 g/mol. The van der Waals surface area contributed by atoms with Crippen LogP contribution < -0.4 is 15.0 Å². The third-order valence-electron chi connectivity index (χ3n) is 10.7. The Labute approximate surface area is 330 Å². The number of ether oxygens (including phenoxy) is 2. The van der Waals surface area contributed by atoms with Gasteiger partial charge < -0.3 is 24.6 Å². The molecule has 2 aliphatic heterocycles. The SMILES string of the molecule is N#Cc1ccc(OC2(C(=O)Nc3cnc(C4CCN(CCCOCCS(=O)(=O)N5CCN(c6cncc(C(F)(F)F)c6)CC5)CC4)cn3)CCCCC2)cc1Cl. The topological polar surface area (TPSA) is 154 Å². The lowest BCUT2D eigenvalue weighted by Gasteiger charge is -2.36. The van der Waals surface area contributed by atoms with Gasteiger partial charge in [-0.2, -0.15) is 22.7 Å². The number of nitrogens with one attached hydrogen (secondary N) is 1. The van der Waals surface area contributed by atoms with E-state index in [2.05, 4.69) is 25.2 Å². The molecular weight excluding hydrogens is 773 g/mol. The quantitative estimate of drug-likeness (QED) is 0.194. The van der Waals surface area contributed by atoms with E-state index in [0.717, 1.165) is 76.1 Å². The summed E-state index contributed by atoms with van der Waals surface area (Å²) in [5.41, 5.74) is -0.387. The van der Waals surface area contributed by atoms with Crippen molar-refractivity contribution in [2.24, 2.45) is 0 Å². The molecule has 1 amide bonds. The molecule has 0 bridgehead atoms. The highest BCUT2D eigenvalue weighted by atomic mass is 35.5. The van der Waals surface area contributed by atoms with E-state index in [4.69, 9.17) is 21.1 Å². The summed E-state index contributed by atoms with van der Waals surface area (Å²) in [6.45, 7) is 3.96. The molecule has 0 unspecified atom stereocenters. The lowest BCUT2D eigenvalue weighted by Crippen LogP contribution is -2.49. The maximum atomic E-state index is 13.6. The maximum Gasteiger partial charge on any atom is 0.417 e. The second-order valence-corrected chi connectivity index (χ2v) is 16.9. The Morgan fingerprint density at radius 2 is 1.73 bits per heavy atom. The molecule has 6 rings (SSSR count). The number of piperidine rings is 1. The number of carbonyl (C=O) groups is 1. The van der Waals surface area contributed by atoms with Crippen LogP contribution in [0.3, 0.4) is 0 Å². The van der Waals surface area contributed by atoms with Crippen molar-refractivity contribution < 1.29 is 35.9 Å². The molecule has 13 nitrogen and oxygen atoms in total. The van der Waals surface area contributed by atoms with Gasteiger partial charge in [-0.1, -0.05) is 18.0 Å². The fourth-order valence-corrected chi connectivity index (χ4v) is 8.95. The number of hydrogen-bond donors (Lipinski definition) is 1. The molecule has 3 aromatic rings. The van der Waals surface area contributed by atoms with Crippen molar-refractivity contribution in [3.63, 3.8) is 0 Å². The van der Waals surface area contributed by atoms with E-state index in [9.17, 15) is 31.6 Å². The smallest absolute Gasteiger partial charge is 0.417 e. The van der Waals surface area contributed by atoms with E-state index in [1.54, 1.807) is 35.5 Å². The molecule has 2 aromatic heterocycles. The number of hydrogen-bond acceptors (Lipinski definition) is 11. The van der Waals surface area contributed by atoms with E-state index in [0.29, 0.717) is 42.3 Å². The molecule has 1 aromatic carbocycles. The van der Waals surface area contributed by atoms with E-state index >= 15 is 0 Å². The van der Waals surface area contributed by atoms with Gasteiger partial charge in [0.05, 0.1) is 58.5 Å². The number of anilines is 2. The molecule has 3 aliphatic rings. The molecule has 56 heavy (non-hydrogen) atoms. The van der Waals surface area contributed by atoms with Crippen LogP contribution in [0.15, 0.2) is 49.1 Å². The summed E-state index contributed by atoms with van der Waals surface area (Å²) in [5, 5.41) is 12.4. The van der Waals surface area contributed by atoms with Crippen LogP contribution >= 0.6 is 11.6 Å². The fraction of sp³-hybridized carbons (Fsp3) is 0.553. The summed E-state index contributed by atoms with van der Waals surface area (Å²) in [6.07, 6.45) is 7.30. The van der Waals surface area contributed by atoms with Crippen molar-refractivity contribution in [3.05, 3.63) is 70.9 Å². The minimum Gasteiger partial charge on any atom is -0.477 e. The van der Waals surface area contributed by atoms with Crippen LogP contribution in [0.25, 0.3) is 0 Å². The number of piperazine rings is 1. The molecule has 18 heteroatoms. The molecular formula is C38H46ClF3N8O5S. The Bertz CT molecular complexity index is 1950. The van der Waals surface area contributed by atoms with Gasteiger partial charge >= 0.3 is 6.18 Å². The zero-order valence-corrected chi connectivity index (χ0v) is 32.6. The summed E-state index contributed by atoms with van der Waals surface area (Å²) < 4.78 is 78.3. The summed E-state index contributed by atoms with van der Waals surface area (Å²) in [4.78, 5) is 30.5. The number of pyridine rings is 1. The van der Waals surface area contributed by atoms with Gasteiger partial charge in [-0.05, 0) is 76.2 Å². The number of amides is 1. The van der Waals surface area contributed by atoms with Crippen molar-refractivity contribution >= 4 is 39.0 Å². The molecule has 4 heterocycles. The van der Waals surface area contributed by atoms with Gasteiger partial charge in [0.15, 0.2) is 11.4 Å². The average Bonchev–Trinajstić information content (AvgIpc) is 3.20. The summed E-state index contributed by atoms with van der Waals surface area (Å²) in [7, 11) is -3.57. The summed E-state index contributed by atoms with van der Waals surface area (Å²) in [6, 6.07) is 7.87. The second-order valence-electron chi connectivity index (χ2n) is 14.4. The van der Waals surface area contributed by atoms with Gasteiger partial charge in [0.25, 0.3) is 5.91 Å². The normalized spacial score (nSPS) is 18.7. The first-order valence-corrected chi connectivity index (χ1v) is 20.9. The zero-order chi connectivity index (χ0) is 39.8. The Morgan fingerprint density at radius 3 is 2.39 bits per heavy atom. The first-order valence-electron chi connectivity index (χ1n) is 18.9. The second kappa shape index (κ2) is 18.5. The van der Waals surface area contributed by atoms with Crippen molar-refractivity contribution in [2.45, 2.75) is 69.1 Å². The number of sulfonamides is 1. The zero-order valence-electron chi connectivity index (χ0n) is 31.0. The number of nitriles is 1. The third-order valence-corrected chi connectivity index (χ3v) is 12.8. The van der Waals surface area contributed by atoms with E-state index in [1.165, 1.54) is 10.5 Å². The highest BCUT2D eigenvalue weighted by Crippen LogP contribution is 2.36. The lowest BCUT2D eigenvalue weighted by molar-refractivity contribution is -0.137. The van der Waals surface area contributed by atoms with E-state index < -0.39 is 27.4 Å². The highest BCUT2D eigenvalue weighted by molar-refractivity contribution is 7.89. The molecule has 302 valence electrons. The Morgan fingerprint density at radius 1 is 0.982 bits per heavy atom. The van der Waals surface area contributed by atoms with E-state index in [1.807, 2.05) is 6.07 Å². The predicted octanol–water partition coefficient (Wildman–Crippen LogP) is 5.87. The number of nitrogens with zero attached hydrogens (tertiary/aromatic N) is 7. The number of likely N-dealkylation sites (tertiary alicyclic amines) is 1. The number of carbonyl (C=O) groups excluding carboxylic acids is 1. The minimum atomic E-state index is -4.50. The number of halogens is 4. The van der Waals surface area contributed by atoms with Crippen LogP contribution in [-0.4, -0.2) is 109 Å². The van der Waals surface area contributed by atoms with Crippen LogP contribution in [0.2, 0.25) is 5.02 Å². The lowest BCUT2D eigenvalue weighted by atomic mass is 9.83. The van der Waals surface area contributed by atoms with Crippen LogP contribution in [0, 0.1) is 11.3 Å². The summed E-state index contributed by atoms with van der Waals surface area (Å²) >= 11 is 6.22. The largest absolute Gasteiger partial charge is 0.477 e. The predicted molar refractivity (Wildman–Crippen MR) is 204 cm³/mol. The van der Waals surface area contributed by atoms with Gasteiger partial charge in [0, 0.05) is 57.5 Å². The first kappa shape index (κ1) is 41.6. The molecule has 0 radical (unpaired) electrons.